The van der Waals surface area contributed by atoms with Gasteiger partial charge < -0.3 is 24.3 Å². The molecule has 2 rings (SSSR count). The van der Waals surface area contributed by atoms with Crippen LogP contribution in [0.4, 0.5) is 0 Å². The van der Waals surface area contributed by atoms with Crippen LogP contribution in [0.25, 0.3) is 0 Å². The summed E-state index contributed by atoms with van der Waals surface area (Å²) in [5.41, 5.74) is 1.07. The lowest BCUT2D eigenvalue weighted by atomic mass is 10.1. The third-order valence-electron chi connectivity index (χ3n) is 4.08. The Hall–Kier alpha value is -1.46. The van der Waals surface area contributed by atoms with Crippen LogP contribution in [0.2, 0.25) is 0 Å². The van der Waals surface area contributed by atoms with Crippen molar-refractivity contribution in [3.8, 4) is 17.2 Å². The Morgan fingerprint density at radius 2 is 1.76 bits per heavy atom. The van der Waals surface area contributed by atoms with Gasteiger partial charge in [-0.2, -0.15) is 0 Å². The molecule has 0 radical (unpaired) electrons. The van der Waals surface area contributed by atoms with Crippen molar-refractivity contribution >= 4 is 0 Å². The van der Waals surface area contributed by atoms with Crippen LogP contribution in [-0.4, -0.2) is 40.6 Å². The first-order valence-corrected chi connectivity index (χ1v) is 7.27. The van der Waals surface area contributed by atoms with Crippen molar-refractivity contribution in [1.29, 1.82) is 0 Å². The van der Waals surface area contributed by atoms with E-state index in [9.17, 15) is 0 Å². The number of methoxy groups -OCH3 is 4. The van der Waals surface area contributed by atoms with E-state index in [1.807, 2.05) is 12.1 Å². The standard InChI is InChI=1S/C16H25NO4/c1-18-13-7-6-12(9-13)17-10-11-5-8-14(19-2)16(21-4)15(11)20-3/h5,8,12-13,17H,6-7,9-10H2,1-4H3. The molecule has 2 atom stereocenters. The first-order chi connectivity index (χ1) is 10.2. The average molecular weight is 295 g/mol. The van der Waals surface area contributed by atoms with Gasteiger partial charge in [0.05, 0.1) is 27.4 Å². The van der Waals surface area contributed by atoms with E-state index in [0.717, 1.165) is 37.1 Å². The Morgan fingerprint density at radius 3 is 2.33 bits per heavy atom. The molecule has 1 N–H and O–H groups in total. The van der Waals surface area contributed by atoms with Gasteiger partial charge in [-0.25, -0.2) is 0 Å². The van der Waals surface area contributed by atoms with Crippen molar-refractivity contribution in [3.05, 3.63) is 17.7 Å². The Bertz CT molecular complexity index is 464. The van der Waals surface area contributed by atoms with Crippen LogP contribution in [0.3, 0.4) is 0 Å². The molecule has 1 aliphatic carbocycles. The van der Waals surface area contributed by atoms with Crippen LogP contribution in [-0.2, 0) is 11.3 Å². The van der Waals surface area contributed by atoms with E-state index in [1.165, 1.54) is 0 Å². The van der Waals surface area contributed by atoms with E-state index in [1.54, 1.807) is 28.4 Å². The number of hydrogen-bond donors (Lipinski definition) is 1. The van der Waals surface area contributed by atoms with E-state index in [4.69, 9.17) is 18.9 Å². The van der Waals surface area contributed by atoms with Gasteiger partial charge in [0, 0.05) is 25.3 Å². The van der Waals surface area contributed by atoms with Crippen molar-refractivity contribution < 1.29 is 18.9 Å². The number of rotatable bonds is 7. The molecule has 0 aromatic heterocycles. The van der Waals surface area contributed by atoms with E-state index in [0.29, 0.717) is 23.6 Å². The predicted octanol–water partition coefficient (Wildman–Crippen LogP) is 2.37. The van der Waals surface area contributed by atoms with E-state index in [-0.39, 0.29) is 0 Å². The van der Waals surface area contributed by atoms with Crippen LogP contribution >= 0.6 is 0 Å². The molecule has 0 saturated heterocycles. The van der Waals surface area contributed by atoms with Crippen molar-refractivity contribution in [1.82, 2.24) is 5.32 Å². The van der Waals surface area contributed by atoms with E-state index in [2.05, 4.69) is 5.32 Å². The summed E-state index contributed by atoms with van der Waals surface area (Å²) in [4.78, 5) is 0. The molecular weight excluding hydrogens is 270 g/mol. The molecule has 2 unspecified atom stereocenters. The minimum absolute atomic E-state index is 0.384. The largest absolute Gasteiger partial charge is 0.493 e. The minimum Gasteiger partial charge on any atom is -0.493 e. The van der Waals surface area contributed by atoms with Gasteiger partial charge in [0.15, 0.2) is 11.5 Å². The molecule has 1 aromatic carbocycles. The lowest BCUT2D eigenvalue weighted by molar-refractivity contribution is 0.107. The Balaban J connectivity index is 2.06. The zero-order valence-corrected chi connectivity index (χ0v) is 13.3. The molecule has 0 bridgehead atoms. The summed E-state index contributed by atoms with van der Waals surface area (Å²) < 4.78 is 21.6. The molecule has 1 aliphatic rings. The molecule has 1 aromatic rings. The molecule has 0 spiro atoms. The fourth-order valence-corrected chi connectivity index (χ4v) is 2.90. The SMILES string of the molecule is COc1ccc(CNC2CCC(OC)C2)c(OC)c1OC. The molecule has 5 nitrogen and oxygen atoms in total. The molecule has 1 saturated carbocycles. The van der Waals surface area contributed by atoms with Gasteiger partial charge in [-0.05, 0) is 25.3 Å². The highest BCUT2D eigenvalue weighted by Crippen LogP contribution is 2.39. The molecule has 5 heteroatoms. The Morgan fingerprint density at radius 1 is 1.00 bits per heavy atom. The molecule has 0 aliphatic heterocycles. The molecular formula is C16H25NO4. The second kappa shape index (κ2) is 7.52. The quantitative estimate of drug-likeness (QED) is 0.837. The fourth-order valence-electron chi connectivity index (χ4n) is 2.90. The lowest BCUT2D eigenvalue weighted by Gasteiger charge is -2.18. The molecule has 118 valence electrons. The van der Waals surface area contributed by atoms with Crippen molar-refractivity contribution in [2.24, 2.45) is 0 Å². The summed E-state index contributed by atoms with van der Waals surface area (Å²) in [5, 5.41) is 3.57. The van der Waals surface area contributed by atoms with Crippen LogP contribution in [0.1, 0.15) is 24.8 Å². The summed E-state index contributed by atoms with van der Waals surface area (Å²) in [7, 11) is 6.68. The highest BCUT2D eigenvalue weighted by atomic mass is 16.5. The second-order valence-electron chi connectivity index (χ2n) is 5.24. The maximum absolute atomic E-state index is 5.50. The first kappa shape index (κ1) is 15.9. The maximum atomic E-state index is 5.50. The van der Waals surface area contributed by atoms with Gasteiger partial charge in [0.1, 0.15) is 0 Å². The van der Waals surface area contributed by atoms with Gasteiger partial charge in [0.25, 0.3) is 0 Å². The summed E-state index contributed by atoms with van der Waals surface area (Å²) in [6.45, 7) is 0.741. The lowest BCUT2D eigenvalue weighted by Crippen LogP contribution is -2.26. The van der Waals surface area contributed by atoms with Crippen LogP contribution < -0.4 is 19.5 Å². The Kier molecular flexibility index (Phi) is 5.70. The first-order valence-electron chi connectivity index (χ1n) is 7.27. The number of hydrogen-bond acceptors (Lipinski definition) is 5. The monoisotopic (exact) mass is 295 g/mol. The summed E-state index contributed by atoms with van der Waals surface area (Å²) in [6.07, 6.45) is 3.71. The summed E-state index contributed by atoms with van der Waals surface area (Å²) >= 11 is 0. The van der Waals surface area contributed by atoms with Gasteiger partial charge in [-0.15, -0.1) is 0 Å². The summed E-state index contributed by atoms with van der Waals surface area (Å²) in [6, 6.07) is 4.41. The van der Waals surface area contributed by atoms with Gasteiger partial charge >= 0.3 is 0 Å². The molecule has 0 amide bonds. The Labute approximate surface area is 126 Å². The molecule has 0 heterocycles. The third-order valence-corrected chi connectivity index (χ3v) is 4.08. The van der Waals surface area contributed by atoms with Crippen molar-refractivity contribution in [2.45, 2.75) is 38.0 Å². The predicted molar refractivity (Wildman–Crippen MR) is 81.4 cm³/mol. The normalized spacial score (nSPS) is 21.3. The van der Waals surface area contributed by atoms with Crippen LogP contribution in [0.15, 0.2) is 12.1 Å². The maximum Gasteiger partial charge on any atom is 0.203 e. The number of benzene rings is 1. The minimum atomic E-state index is 0.384. The smallest absolute Gasteiger partial charge is 0.203 e. The third kappa shape index (κ3) is 3.60. The van der Waals surface area contributed by atoms with Gasteiger partial charge in [-0.3, -0.25) is 0 Å². The van der Waals surface area contributed by atoms with Crippen LogP contribution in [0.5, 0.6) is 17.2 Å². The van der Waals surface area contributed by atoms with Gasteiger partial charge in [-0.1, -0.05) is 6.07 Å². The van der Waals surface area contributed by atoms with E-state index >= 15 is 0 Å². The summed E-state index contributed by atoms with van der Waals surface area (Å²) in [5.74, 6) is 2.05. The fraction of sp³-hybridized carbons (Fsp3) is 0.625. The highest BCUT2D eigenvalue weighted by molar-refractivity contribution is 5.55. The molecule has 21 heavy (non-hydrogen) atoms. The topological polar surface area (TPSA) is 49.0 Å². The van der Waals surface area contributed by atoms with Crippen molar-refractivity contribution in [3.63, 3.8) is 0 Å². The van der Waals surface area contributed by atoms with Crippen LogP contribution in [0, 0.1) is 0 Å². The number of nitrogens with one attached hydrogen (secondary N) is 1. The zero-order chi connectivity index (χ0) is 15.2. The average Bonchev–Trinajstić information content (AvgIpc) is 2.99. The second-order valence-corrected chi connectivity index (χ2v) is 5.24. The van der Waals surface area contributed by atoms with E-state index < -0.39 is 0 Å². The highest BCUT2D eigenvalue weighted by Gasteiger charge is 2.24. The zero-order valence-electron chi connectivity index (χ0n) is 13.3. The van der Waals surface area contributed by atoms with Crippen molar-refractivity contribution in [2.75, 3.05) is 28.4 Å². The number of ether oxygens (including phenoxy) is 4. The molecule has 1 fully saturated rings. The van der Waals surface area contributed by atoms with Gasteiger partial charge in [0.2, 0.25) is 5.75 Å².